The third kappa shape index (κ3) is 1.38. The zero-order chi connectivity index (χ0) is 11.9. The molecule has 3 aliphatic carbocycles. The largest absolute Gasteiger partial charge is 0.0836 e. The third-order valence-electron chi connectivity index (χ3n) is 4.30. The van der Waals surface area contributed by atoms with Crippen molar-refractivity contribution in [3.8, 4) is 0 Å². The van der Waals surface area contributed by atoms with E-state index in [1.165, 1.54) is 35.1 Å². The second-order valence-corrected chi connectivity index (χ2v) is 5.29. The molecular weight excluding hydrogens is 216 g/mol. The summed E-state index contributed by atoms with van der Waals surface area (Å²) in [7, 11) is 0. The van der Waals surface area contributed by atoms with Crippen molar-refractivity contribution < 1.29 is 0 Å². The Hall–Kier alpha value is -1.82. The first-order chi connectivity index (χ1) is 8.93. The topological polar surface area (TPSA) is 0 Å². The molecule has 0 saturated heterocycles. The highest BCUT2D eigenvalue weighted by Crippen LogP contribution is 2.41. The number of allylic oxidation sites excluding steroid dienone is 6. The van der Waals surface area contributed by atoms with Crippen molar-refractivity contribution in [2.24, 2.45) is 0 Å². The first-order valence-electron chi connectivity index (χ1n) is 6.80. The van der Waals surface area contributed by atoms with Gasteiger partial charge in [0.1, 0.15) is 0 Å². The lowest BCUT2D eigenvalue weighted by molar-refractivity contribution is 0.804. The molecule has 0 bridgehead atoms. The summed E-state index contributed by atoms with van der Waals surface area (Å²) >= 11 is 0. The molecule has 0 saturated carbocycles. The van der Waals surface area contributed by atoms with Gasteiger partial charge in [0.05, 0.1) is 0 Å². The van der Waals surface area contributed by atoms with E-state index in [0.29, 0.717) is 5.92 Å². The van der Waals surface area contributed by atoms with E-state index in [0.717, 1.165) is 6.42 Å². The molecule has 1 atom stereocenters. The highest BCUT2D eigenvalue weighted by atomic mass is 14.3. The molecule has 3 aliphatic rings. The Morgan fingerprint density at radius 1 is 1.00 bits per heavy atom. The molecule has 1 aromatic rings. The monoisotopic (exact) mass is 232 g/mol. The van der Waals surface area contributed by atoms with Crippen LogP contribution in [0.3, 0.4) is 0 Å². The molecule has 0 aromatic heterocycles. The minimum atomic E-state index is 0.589. The van der Waals surface area contributed by atoms with Crippen LogP contribution in [0.15, 0.2) is 48.1 Å². The van der Waals surface area contributed by atoms with Crippen molar-refractivity contribution in [3.05, 3.63) is 70.3 Å². The van der Waals surface area contributed by atoms with E-state index in [1.54, 1.807) is 5.56 Å². The Morgan fingerprint density at radius 2 is 2.00 bits per heavy atom. The number of fused-ring (bicyclic) bond motifs is 5. The predicted molar refractivity (Wildman–Crippen MR) is 77.4 cm³/mol. The number of benzene rings is 1. The molecule has 1 aromatic carbocycles. The Kier molecular flexibility index (Phi) is 2.16. The molecule has 0 heterocycles. The molecule has 88 valence electrons. The normalized spacial score (nSPS) is 23.1. The van der Waals surface area contributed by atoms with Gasteiger partial charge in [-0.2, -0.15) is 0 Å². The van der Waals surface area contributed by atoms with E-state index in [-0.39, 0.29) is 0 Å². The van der Waals surface area contributed by atoms with Gasteiger partial charge in [-0.15, -0.1) is 0 Å². The molecule has 0 fully saturated rings. The molecule has 0 heteroatoms. The second kappa shape index (κ2) is 3.84. The first-order valence-corrected chi connectivity index (χ1v) is 6.80. The van der Waals surface area contributed by atoms with Gasteiger partial charge >= 0.3 is 0 Å². The molecule has 1 unspecified atom stereocenters. The molecule has 0 spiro atoms. The lowest BCUT2D eigenvalue weighted by Gasteiger charge is -2.28. The molecule has 4 rings (SSSR count). The van der Waals surface area contributed by atoms with Crippen molar-refractivity contribution >= 4 is 12.2 Å². The van der Waals surface area contributed by atoms with E-state index in [4.69, 9.17) is 0 Å². The van der Waals surface area contributed by atoms with E-state index in [1.807, 2.05) is 0 Å². The maximum atomic E-state index is 2.34. The van der Waals surface area contributed by atoms with Crippen molar-refractivity contribution in [1.29, 1.82) is 0 Å². The van der Waals surface area contributed by atoms with Gasteiger partial charge in [0.15, 0.2) is 0 Å². The van der Waals surface area contributed by atoms with Gasteiger partial charge in [-0.3, -0.25) is 0 Å². The molecule has 0 radical (unpaired) electrons. The Balaban J connectivity index is 1.93. The van der Waals surface area contributed by atoms with Gasteiger partial charge in [0, 0.05) is 5.92 Å². The zero-order valence-corrected chi connectivity index (χ0v) is 10.4. The quantitative estimate of drug-likeness (QED) is 0.611. The van der Waals surface area contributed by atoms with E-state index >= 15 is 0 Å². The number of rotatable bonds is 0. The maximum Gasteiger partial charge on any atom is 0.0130 e. The standard InChI is InChI=1S/C18H16/c1-3-7-15-13(5-1)9-11-18-16-8-4-2-6-14(16)10-12-17(15)18/h1-3,5-6,9-12,15H,4,7-8H2. The molecular formula is C18H16. The van der Waals surface area contributed by atoms with Crippen molar-refractivity contribution in [3.63, 3.8) is 0 Å². The maximum absolute atomic E-state index is 2.34. The molecule has 0 N–H and O–H groups in total. The summed E-state index contributed by atoms with van der Waals surface area (Å²) in [5.41, 5.74) is 7.47. The minimum Gasteiger partial charge on any atom is -0.0836 e. The molecule has 18 heavy (non-hydrogen) atoms. The zero-order valence-electron chi connectivity index (χ0n) is 10.4. The SMILES string of the molecule is C1=CCC2C(=C1)C=Cc1c2ccc2c1CCC=C2. The first kappa shape index (κ1) is 10.1. The van der Waals surface area contributed by atoms with E-state index < -0.39 is 0 Å². The van der Waals surface area contributed by atoms with Gasteiger partial charge in [-0.05, 0) is 47.1 Å². The third-order valence-corrected chi connectivity index (χ3v) is 4.30. The van der Waals surface area contributed by atoms with Gasteiger partial charge < -0.3 is 0 Å². The lowest BCUT2D eigenvalue weighted by Crippen LogP contribution is -2.11. The van der Waals surface area contributed by atoms with Gasteiger partial charge in [0.25, 0.3) is 0 Å². The van der Waals surface area contributed by atoms with Crippen LogP contribution >= 0.6 is 0 Å². The van der Waals surface area contributed by atoms with Crippen LogP contribution in [-0.2, 0) is 6.42 Å². The summed E-state index contributed by atoms with van der Waals surface area (Å²) in [6.07, 6.45) is 19.5. The fraction of sp³-hybridized carbons (Fsp3) is 0.222. The summed E-state index contributed by atoms with van der Waals surface area (Å²) in [4.78, 5) is 0. The summed E-state index contributed by atoms with van der Waals surface area (Å²) in [6, 6.07) is 4.64. The average Bonchev–Trinajstić information content (AvgIpc) is 2.46. The molecule has 0 amide bonds. The van der Waals surface area contributed by atoms with Crippen LogP contribution in [0.2, 0.25) is 0 Å². The predicted octanol–water partition coefficient (Wildman–Crippen LogP) is 4.64. The van der Waals surface area contributed by atoms with Crippen molar-refractivity contribution in [1.82, 2.24) is 0 Å². The van der Waals surface area contributed by atoms with Gasteiger partial charge in [-0.1, -0.05) is 54.7 Å². The van der Waals surface area contributed by atoms with Crippen LogP contribution in [0.4, 0.5) is 0 Å². The van der Waals surface area contributed by atoms with Crippen LogP contribution in [-0.4, -0.2) is 0 Å². The average molecular weight is 232 g/mol. The van der Waals surface area contributed by atoms with Gasteiger partial charge in [-0.25, -0.2) is 0 Å². The van der Waals surface area contributed by atoms with Crippen LogP contribution in [0.5, 0.6) is 0 Å². The lowest BCUT2D eigenvalue weighted by atomic mass is 9.76. The second-order valence-electron chi connectivity index (χ2n) is 5.29. The summed E-state index contributed by atoms with van der Waals surface area (Å²) in [6.45, 7) is 0. The minimum absolute atomic E-state index is 0.589. The van der Waals surface area contributed by atoms with E-state index in [9.17, 15) is 0 Å². The molecule has 0 aliphatic heterocycles. The van der Waals surface area contributed by atoms with Gasteiger partial charge in [0.2, 0.25) is 0 Å². The van der Waals surface area contributed by atoms with Crippen LogP contribution in [0, 0.1) is 0 Å². The Labute approximate surface area is 108 Å². The Bertz CT molecular complexity index is 624. The van der Waals surface area contributed by atoms with Crippen molar-refractivity contribution in [2.45, 2.75) is 25.2 Å². The van der Waals surface area contributed by atoms with Crippen molar-refractivity contribution in [2.75, 3.05) is 0 Å². The summed E-state index contributed by atoms with van der Waals surface area (Å²) < 4.78 is 0. The summed E-state index contributed by atoms with van der Waals surface area (Å²) in [5, 5.41) is 0. The number of hydrogen-bond donors (Lipinski definition) is 0. The molecule has 0 nitrogen and oxygen atoms in total. The highest BCUT2D eigenvalue weighted by Gasteiger charge is 2.24. The highest BCUT2D eigenvalue weighted by molar-refractivity contribution is 5.73. The smallest absolute Gasteiger partial charge is 0.0130 e. The Morgan fingerprint density at radius 3 is 3.00 bits per heavy atom. The fourth-order valence-corrected chi connectivity index (χ4v) is 3.38. The van der Waals surface area contributed by atoms with Crippen LogP contribution < -0.4 is 0 Å². The van der Waals surface area contributed by atoms with E-state index in [2.05, 4.69) is 54.7 Å². The van der Waals surface area contributed by atoms with Crippen LogP contribution in [0.25, 0.3) is 12.2 Å². The van der Waals surface area contributed by atoms with Crippen LogP contribution in [0.1, 0.15) is 41.0 Å². The summed E-state index contributed by atoms with van der Waals surface area (Å²) in [5.74, 6) is 0.589. The fourth-order valence-electron chi connectivity index (χ4n) is 3.38. The number of hydrogen-bond acceptors (Lipinski definition) is 0.